The predicted octanol–water partition coefficient (Wildman–Crippen LogP) is 2.00. The van der Waals surface area contributed by atoms with E-state index in [9.17, 15) is 4.79 Å². The van der Waals surface area contributed by atoms with E-state index < -0.39 is 0 Å². The van der Waals surface area contributed by atoms with E-state index in [1.165, 1.54) is 12.8 Å². The summed E-state index contributed by atoms with van der Waals surface area (Å²) >= 11 is 1.61. The molecule has 1 saturated carbocycles. The van der Waals surface area contributed by atoms with Gasteiger partial charge in [-0.1, -0.05) is 0 Å². The second kappa shape index (κ2) is 7.59. The maximum atomic E-state index is 12.3. The number of carbonyl (C=O) groups is 1. The van der Waals surface area contributed by atoms with E-state index in [1.54, 1.807) is 17.5 Å². The van der Waals surface area contributed by atoms with E-state index in [-0.39, 0.29) is 12.1 Å². The minimum atomic E-state index is -0.0927. The largest absolute Gasteiger partial charge is 0.379 e. The van der Waals surface area contributed by atoms with Crippen molar-refractivity contribution in [3.05, 3.63) is 16.6 Å². The standard InChI is InChI=1S/C16H26N4O2S/c1-11(20-6-7-22-10-12(20)2)9-18-16(21)19-14(13-3-4-13)15-17-5-8-23-15/h5,8,11-14H,3-4,6-7,9-10H2,1-2H3,(H2,18,19,21)/t11-,12+,14+/m1/s1. The van der Waals surface area contributed by atoms with Gasteiger partial charge in [0.15, 0.2) is 0 Å². The number of nitrogens with zero attached hydrogens (tertiary/aromatic N) is 2. The molecule has 23 heavy (non-hydrogen) atoms. The zero-order valence-electron chi connectivity index (χ0n) is 13.8. The Morgan fingerprint density at radius 1 is 1.57 bits per heavy atom. The Balaban J connectivity index is 1.47. The molecule has 7 heteroatoms. The summed E-state index contributed by atoms with van der Waals surface area (Å²) in [6.45, 7) is 7.43. The summed E-state index contributed by atoms with van der Waals surface area (Å²) in [4.78, 5) is 19.0. The molecule has 1 aliphatic heterocycles. The van der Waals surface area contributed by atoms with E-state index in [4.69, 9.17) is 4.74 Å². The fraction of sp³-hybridized carbons (Fsp3) is 0.750. The molecule has 2 heterocycles. The highest BCUT2D eigenvalue weighted by atomic mass is 32.1. The van der Waals surface area contributed by atoms with Gasteiger partial charge in [-0.05, 0) is 32.6 Å². The number of nitrogens with one attached hydrogen (secondary N) is 2. The van der Waals surface area contributed by atoms with E-state index in [0.717, 1.165) is 24.8 Å². The second-order valence-corrected chi connectivity index (χ2v) is 7.48. The lowest BCUT2D eigenvalue weighted by Gasteiger charge is -2.37. The van der Waals surface area contributed by atoms with Crippen LogP contribution in [0.25, 0.3) is 0 Å². The second-order valence-electron chi connectivity index (χ2n) is 6.55. The van der Waals surface area contributed by atoms with Crippen LogP contribution < -0.4 is 10.6 Å². The first-order chi connectivity index (χ1) is 11.1. The highest BCUT2D eigenvalue weighted by molar-refractivity contribution is 7.09. The summed E-state index contributed by atoms with van der Waals surface area (Å²) in [5.74, 6) is 0.545. The molecule has 2 N–H and O–H groups in total. The third-order valence-electron chi connectivity index (χ3n) is 4.64. The molecule has 128 valence electrons. The third-order valence-corrected chi connectivity index (χ3v) is 5.50. The number of carbonyl (C=O) groups excluding carboxylic acids is 1. The molecule has 3 atom stereocenters. The van der Waals surface area contributed by atoms with E-state index in [0.29, 0.717) is 24.5 Å². The third kappa shape index (κ3) is 4.43. The van der Waals surface area contributed by atoms with Crippen LogP contribution in [-0.4, -0.2) is 54.3 Å². The molecular formula is C16H26N4O2S. The van der Waals surface area contributed by atoms with Crippen molar-refractivity contribution >= 4 is 17.4 Å². The van der Waals surface area contributed by atoms with Crippen LogP contribution in [0.4, 0.5) is 4.79 Å². The summed E-state index contributed by atoms with van der Waals surface area (Å²) in [7, 11) is 0. The molecule has 1 aromatic heterocycles. The zero-order chi connectivity index (χ0) is 16.2. The minimum absolute atomic E-state index is 0.0626. The Bertz CT molecular complexity index is 506. The number of hydrogen-bond donors (Lipinski definition) is 2. The first kappa shape index (κ1) is 16.7. The number of ether oxygens (including phenoxy) is 1. The van der Waals surface area contributed by atoms with Crippen LogP contribution in [0.2, 0.25) is 0 Å². The minimum Gasteiger partial charge on any atom is -0.379 e. The van der Waals surface area contributed by atoms with Crippen LogP contribution in [0.1, 0.15) is 37.7 Å². The average Bonchev–Trinajstić information content (AvgIpc) is 3.24. The molecule has 1 saturated heterocycles. The van der Waals surface area contributed by atoms with Gasteiger partial charge in [0.1, 0.15) is 5.01 Å². The fourth-order valence-electron chi connectivity index (χ4n) is 3.14. The topological polar surface area (TPSA) is 66.5 Å². The number of rotatable bonds is 6. The van der Waals surface area contributed by atoms with Crippen LogP contribution in [-0.2, 0) is 4.74 Å². The molecule has 2 amide bonds. The van der Waals surface area contributed by atoms with Crippen molar-refractivity contribution in [1.29, 1.82) is 0 Å². The molecule has 0 radical (unpaired) electrons. The lowest BCUT2D eigenvalue weighted by atomic mass is 10.2. The Morgan fingerprint density at radius 2 is 2.39 bits per heavy atom. The first-order valence-electron chi connectivity index (χ1n) is 8.42. The fourth-order valence-corrected chi connectivity index (χ4v) is 3.92. The average molecular weight is 338 g/mol. The van der Waals surface area contributed by atoms with Crippen molar-refractivity contribution in [1.82, 2.24) is 20.5 Å². The van der Waals surface area contributed by atoms with Gasteiger partial charge in [-0.15, -0.1) is 11.3 Å². The van der Waals surface area contributed by atoms with Gasteiger partial charge in [-0.2, -0.15) is 0 Å². The molecule has 6 nitrogen and oxygen atoms in total. The number of morpholine rings is 1. The van der Waals surface area contributed by atoms with E-state index in [1.807, 2.05) is 5.38 Å². The zero-order valence-corrected chi connectivity index (χ0v) is 14.6. The Morgan fingerprint density at radius 3 is 3.04 bits per heavy atom. The molecule has 2 fully saturated rings. The van der Waals surface area contributed by atoms with Crippen LogP contribution >= 0.6 is 11.3 Å². The van der Waals surface area contributed by atoms with Crippen molar-refractivity contribution in [3.63, 3.8) is 0 Å². The quantitative estimate of drug-likeness (QED) is 0.833. The molecule has 0 aromatic carbocycles. The van der Waals surface area contributed by atoms with Gasteiger partial charge in [-0.3, -0.25) is 4.90 Å². The normalized spacial score (nSPS) is 24.9. The first-order valence-corrected chi connectivity index (χ1v) is 9.30. The number of aromatic nitrogens is 1. The van der Waals surface area contributed by atoms with Crippen LogP contribution in [0, 0.1) is 5.92 Å². The summed E-state index contributed by atoms with van der Waals surface area (Å²) in [5, 5.41) is 9.10. The van der Waals surface area contributed by atoms with Gasteiger partial charge >= 0.3 is 6.03 Å². The summed E-state index contributed by atoms with van der Waals surface area (Å²) in [6, 6.07) is 0.675. The molecule has 3 rings (SSSR count). The Kier molecular flexibility index (Phi) is 5.50. The SMILES string of the molecule is C[C@H](CNC(=O)N[C@H](c1nccs1)C1CC1)N1CCOC[C@@H]1C. The highest BCUT2D eigenvalue weighted by Crippen LogP contribution is 2.41. The Labute approximate surface area is 141 Å². The summed E-state index contributed by atoms with van der Waals surface area (Å²) in [6.07, 6.45) is 4.15. The number of urea groups is 1. The highest BCUT2D eigenvalue weighted by Gasteiger charge is 2.35. The lowest BCUT2D eigenvalue weighted by Crippen LogP contribution is -2.53. The van der Waals surface area contributed by atoms with Crippen LogP contribution in [0.5, 0.6) is 0 Å². The predicted molar refractivity (Wildman–Crippen MR) is 90.6 cm³/mol. The monoisotopic (exact) mass is 338 g/mol. The smallest absolute Gasteiger partial charge is 0.315 e. The number of thiazole rings is 1. The van der Waals surface area contributed by atoms with E-state index >= 15 is 0 Å². The molecule has 0 unspecified atom stereocenters. The molecular weight excluding hydrogens is 312 g/mol. The molecule has 1 aromatic rings. The Hall–Kier alpha value is -1.18. The molecule has 0 spiro atoms. The number of hydrogen-bond acceptors (Lipinski definition) is 5. The van der Waals surface area contributed by atoms with Crippen molar-refractivity contribution in [2.45, 2.75) is 44.8 Å². The number of amides is 2. The van der Waals surface area contributed by atoms with Crippen molar-refractivity contribution in [2.75, 3.05) is 26.3 Å². The molecule has 2 aliphatic rings. The summed E-state index contributed by atoms with van der Waals surface area (Å²) < 4.78 is 5.47. The van der Waals surface area contributed by atoms with Crippen molar-refractivity contribution < 1.29 is 9.53 Å². The van der Waals surface area contributed by atoms with E-state index in [2.05, 4.69) is 34.4 Å². The summed E-state index contributed by atoms with van der Waals surface area (Å²) in [5.41, 5.74) is 0. The van der Waals surface area contributed by atoms with Gasteiger partial charge in [-0.25, -0.2) is 9.78 Å². The van der Waals surface area contributed by atoms with Crippen LogP contribution in [0.15, 0.2) is 11.6 Å². The van der Waals surface area contributed by atoms with Crippen LogP contribution in [0.3, 0.4) is 0 Å². The van der Waals surface area contributed by atoms with Gasteiger partial charge < -0.3 is 15.4 Å². The lowest BCUT2D eigenvalue weighted by molar-refractivity contribution is -0.0176. The van der Waals surface area contributed by atoms with Gasteiger partial charge in [0, 0.05) is 36.8 Å². The molecule has 1 aliphatic carbocycles. The van der Waals surface area contributed by atoms with Crippen molar-refractivity contribution in [2.24, 2.45) is 5.92 Å². The maximum absolute atomic E-state index is 12.3. The van der Waals surface area contributed by atoms with Crippen molar-refractivity contribution in [3.8, 4) is 0 Å². The maximum Gasteiger partial charge on any atom is 0.315 e. The molecule has 0 bridgehead atoms. The van der Waals surface area contributed by atoms with Gasteiger partial charge in [0.05, 0.1) is 19.3 Å². The van der Waals surface area contributed by atoms with Gasteiger partial charge in [0.2, 0.25) is 0 Å². The van der Waals surface area contributed by atoms with Gasteiger partial charge in [0.25, 0.3) is 0 Å².